The maximum absolute atomic E-state index is 13.9. The molecule has 33 heavy (non-hydrogen) atoms. The standard InChI is InChI=1S/C22H26FN3O5S2/c23-18-3-1-2-4-21(18)32-16-22(27)24-19-15-17(33(28,29)26-9-13-31-14-10-26)5-6-20(19)25-7-11-30-12-8-25/h1-6,15H,7-14,16H2,(H,24,27). The van der Waals surface area contributed by atoms with Gasteiger partial charge in [-0.1, -0.05) is 12.1 Å². The quantitative estimate of drug-likeness (QED) is 0.590. The van der Waals surface area contributed by atoms with Gasteiger partial charge in [0.2, 0.25) is 15.9 Å². The van der Waals surface area contributed by atoms with Gasteiger partial charge < -0.3 is 19.7 Å². The fraction of sp³-hybridized carbons (Fsp3) is 0.409. The maximum Gasteiger partial charge on any atom is 0.243 e. The molecule has 0 atom stereocenters. The second-order valence-electron chi connectivity index (χ2n) is 7.56. The molecule has 4 rings (SSSR count). The Hall–Kier alpha value is -2.18. The van der Waals surface area contributed by atoms with Gasteiger partial charge in [0.1, 0.15) is 5.82 Å². The minimum atomic E-state index is -3.72. The van der Waals surface area contributed by atoms with E-state index in [1.54, 1.807) is 30.3 Å². The van der Waals surface area contributed by atoms with Crippen molar-refractivity contribution in [1.82, 2.24) is 4.31 Å². The molecule has 0 aromatic heterocycles. The largest absolute Gasteiger partial charge is 0.379 e. The summed E-state index contributed by atoms with van der Waals surface area (Å²) in [5.41, 5.74) is 1.13. The van der Waals surface area contributed by atoms with Crippen molar-refractivity contribution in [2.24, 2.45) is 0 Å². The summed E-state index contributed by atoms with van der Waals surface area (Å²) in [5.74, 6) is -0.745. The number of ether oxygens (including phenoxy) is 2. The van der Waals surface area contributed by atoms with E-state index >= 15 is 0 Å². The minimum Gasteiger partial charge on any atom is -0.379 e. The van der Waals surface area contributed by atoms with E-state index in [1.165, 1.54) is 16.4 Å². The fourth-order valence-corrected chi connectivity index (χ4v) is 5.86. The molecule has 178 valence electrons. The van der Waals surface area contributed by atoms with Crippen LogP contribution in [0.2, 0.25) is 0 Å². The molecule has 8 nitrogen and oxygen atoms in total. The van der Waals surface area contributed by atoms with E-state index in [-0.39, 0.29) is 35.5 Å². The first-order valence-corrected chi connectivity index (χ1v) is 13.1. The number of amides is 1. The molecule has 1 amide bonds. The van der Waals surface area contributed by atoms with E-state index in [2.05, 4.69) is 5.32 Å². The predicted octanol–water partition coefficient (Wildman–Crippen LogP) is 2.41. The summed E-state index contributed by atoms with van der Waals surface area (Å²) in [6.07, 6.45) is 0. The van der Waals surface area contributed by atoms with Gasteiger partial charge in [-0.25, -0.2) is 12.8 Å². The molecule has 0 unspecified atom stereocenters. The third-order valence-electron chi connectivity index (χ3n) is 5.40. The molecule has 0 aliphatic carbocycles. The van der Waals surface area contributed by atoms with Crippen LogP contribution < -0.4 is 10.2 Å². The Morgan fingerprint density at radius 3 is 2.36 bits per heavy atom. The minimum absolute atomic E-state index is 0.00999. The van der Waals surface area contributed by atoms with Crippen molar-refractivity contribution in [3.8, 4) is 0 Å². The highest BCUT2D eigenvalue weighted by molar-refractivity contribution is 8.00. The monoisotopic (exact) mass is 495 g/mol. The molecule has 11 heteroatoms. The van der Waals surface area contributed by atoms with Crippen LogP contribution in [0.5, 0.6) is 0 Å². The Morgan fingerprint density at radius 1 is 1.00 bits per heavy atom. The van der Waals surface area contributed by atoms with Gasteiger partial charge in [0.25, 0.3) is 0 Å². The van der Waals surface area contributed by atoms with Crippen molar-refractivity contribution in [3.05, 3.63) is 48.3 Å². The summed E-state index contributed by atoms with van der Waals surface area (Å²) in [6.45, 7) is 3.62. The second kappa shape index (κ2) is 10.8. The number of carbonyl (C=O) groups excluding carboxylic acids is 1. The molecule has 2 aromatic rings. The van der Waals surface area contributed by atoms with Gasteiger partial charge in [0.05, 0.1) is 48.5 Å². The molecule has 2 saturated heterocycles. The number of nitrogens with zero attached hydrogens (tertiary/aromatic N) is 2. The Kier molecular flexibility index (Phi) is 7.86. The lowest BCUT2D eigenvalue weighted by Gasteiger charge is -2.31. The second-order valence-corrected chi connectivity index (χ2v) is 10.5. The average molecular weight is 496 g/mol. The normalized spacial score (nSPS) is 17.7. The van der Waals surface area contributed by atoms with Crippen molar-refractivity contribution in [2.75, 3.05) is 68.6 Å². The van der Waals surface area contributed by atoms with Gasteiger partial charge in [0, 0.05) is 31.1 Å². The summed E-state index contributed by atoms with van der Waals surface area (Å²) in [4.78, 5) is 15.3. The molecule has 2 aromatic carbocycles. The number of rotatable bonds is 7. The number of nitrogens with one attached hydrogen (secondary N) is 1. The number of morpholine rings is 2. The smallest absolute Gasteiger partial charge is 0.243 e. The molecule has 2 fully saturated rings. The zero-order valence-electron chi connectivity index (χ0n) is 18.0. The van der Waals surface area contributed by atoms with Crippen LogP contribution in [-0.4, -0.2) is 77.0 Å². The summed E-state index contributed by atoms with van der Waals surface area (Å²) in [7, 11) is -3.72. The zero-order valence-corrected chi connectivity index (χ0v) is 19.7. The Morgan fingerprint density at radius 2 is 1.67 bits per heavy atom. The molecule has 0 saturated carbocycles. The average Bonchev–Trinajstić information content (AvgIpc) is 2.84. The van der Waals surface area contributed by atoms with E-state index in [4.69, 9.17) is 9.47 Å². The Labute approximate surface area is 197 Å². The maximum atomic E-state index is 13.9. The topological polar surface area (TPSA) is 88.2 Å². The first-order chi connectivity index (χ1) is 15.9. The first kappa shape index (κ1) is 24.0. The molecule has 1 N–H and O–H groups in total. The van der Waals surface area contributed by atoms with Gasteiger partial charge in [0.15, 0.2) is 0 Å². The van der Waals surface area contributed by atoms with E-state index < -0.39 is 10.0 Å². The van der Waals surface area contributed by atoms with Crippen LogP contribution in [0.1, 0.15) is 0 Å². The highest BCUT2D eigenvalue weighted by Crippen LogP contribution is 2.31. The summed E-state index contributed by atoms with van der Waals surface area (Å²) >= 11 is 1.09. The van der Waals surface area contributed by atoms with Crippen LogP contribution >= 0.6 is 11.8 Å². The van der Waals surface area contributed by atoms with E-state index in [9.17, 15) is 17.6 Å². The number of hydrogen-bond donors (Lipinski definition) is 1. The van der Waals surface area contributed by atoms with Crippen molar-refractivity contribution >= 4 is 39.1 Å². The Bertz CT molecular complexity index is 1090. The van der Waals surface area contributed by atoms with Crippen LogP contribution in [0, 0.1) is 5.82 Å². The zero-order chi connectivity index (χ0) is 23.3. The number of carbonyl (C=O) groups is 1. The lowest BCUT2D eigenvalue weighted by Crippen LogP contribution is -2.40. The number of anilines is 2. The predicted molar refractivity (Wildman–Crippen MR) is 125 cm³/mol. The van der Waals surface area contributed by atoms with Crippen molar-refractivity contribution in [3.63, 3.8) is 0 Å². The van der Waals surface area contributed by atoms with E-state index in [0.29, 0.717) is 50.1 Å². The van der Waals surface area contributed by atoms with Crippen LogP contribution in [0.4, 0.5) is 15.8 Å². The lowest BCUT2D eigenvalue weighted by atomic mass is 10.2. The summed E-state index contributed by atoms with van der Waals surface area (Å²) in [5, 5.41) is 2.84. The Balaban J connectivity index is 1.56. The molecule has 0 radical (unpaired) electrons. The third kappa shape index (κ3) is 5.85. The van der Waals surface area contributed by atoms with Crippen molar-refractivity contribution in [1.29, 1.82) is 0 Å². The molecule has 0 bridgehead atoms. The molecule has 0 spiro atoms. The lowest BCUT2D eigenvalue weighted by molar-refractivity contribution is -0.113. The molecule has 2 aliphatic heterocycles. The summed E-state index contributed by atoms with van der Waals surface area (Å²) < 4.78 is 52.2. The van der Waals surface area contributed by atoms with Crippen LogP contribution in [0.15, 0.2) is 52.3 Å². The molecular formula is C22H26FN3O5S2. The fourth-order valence-electron chi connectivity index (χ4n) is 3.68. The number of benzene rings is 2. The number of sulfonamides is 1. The highest BCUT2D eigenvalue weighted by Gasteiger charge is 2.28. The SMILES string of the molecule is O=C(CSc1ccccc1F)Nc1cc(S(=O)(=O)N2CCOCC2)ccc1N1CCOCC1. The number of thioether (sulfide) groups is 1. The first-order valence-electron chi connectivity index (χ1n) is 10.7. The van der Waals surface area contributed by atoms with Gasteiger partial charge >= 0.3 is 0 Å². The van der Waals surface area contributed by atoms with Crippen molar-refractivity contribution in [2.45, 2.75) is 9.79 Å². The summed E-state index contributed by atoms with van der Waals surface area (Å²) in [6, 6.07) is 11.0. The molecular weight excluding hydrogens is 469 g/mol. The van der Waals surface area contributed by atoms with Crippen LogP contribution in [-0.2, 0) is 24.3 Å². The number of halogens is 1. The van der Waals surface area contributed by atoms with Crippen molar-refractivity contribution < 1.29 is 27.1 Å². The van der Waals surface area contributed by atoms with Gasteiger partial charge in [-0.2, -0.15) is 4.31 Å². The van der Waals surface area contributed by atoms with Gasteiger partial charge in [-0.15, -0.1) is 11.8 Å². The van der Waals surface area contributed by atoms with E-state index in [0.717, 1.165) is 17.4 Å². The van der Waals surface area contributed by atoms with Crippen LogP contribution in [0.3, 0.4) is 0 Å². The van der Waals surface area contributed by atoms with Gasteiger partial charge in [-0.3, -0.25) is 4.79 Å². The number of hydrogen-bond acceptors (Lipinski definition) is 7. The molecule has 2 heterocycles. The van der Waals surface area contributed by atoms with Crippen LogP contribution in [0.25, 0.3) is 0 Å². The molecule has 2 aliphatic rings. The highest BCUT2D eigenvalue weighted by atomic mass is 32.2. The van der Waals surface area contributed by atoms with Gasteiger partial charge in [-0.05, 0) is 30.3 Å². The van der Waals surface area contributed by atoms with E-state index in [1.807, 2.05) is 4.90 Å². The third-order valence-corrected chi connectivity index (χ3v) is 8.34.